The van der Waals surface area contributed by atoms with Gasteiger partial charge in [0, 0.05) is 18.5 Å². The van der Waals surface area contributed by atoms with E-state index in [2.05, 4.69) is 10.3 Å². The van der Waals surface area contributed by atoms with Crippen LogP contribution < -0.4 is 14.8 Å². The Balaban J connectivity index is 2.07. The fourth-order valence-electron chi connectivity index (χ4n) is 2.58. The molecule has 1 aromatic carbocycles. The van der Waals surface area contributed by atoms with Gasteiger partial charge in [-0.3, -0.25) is 9.20 Å². The largest absolute Gasteiger partial charge is 0.495 e. The van der Waals surface area contributed by atoms with E-state index in [0.29, 0.717) is 22.7 Å². The van der Waals surface area contributed by atoms with Crippen molar-refractivity contribution in [1.29, 1.82) is 0 Å². The number of nitrogens with zero attached hydrogens (tertiary/aromatic N) is 2. The molecule has 0 fully saturated rings. The summed E-state index contributed by atoms with van der Waals surface area (Å²) in [5, 5.41) is 2.71. The van der Waals surface area contributed by atoms with Crippen molar-refractivity contribution in [2.24, 2.45) is 0 Å². The van der Waals surface area contributed by atoms with Gasteiger partial charge in [0.2, 0.25) is 15.0 Å². The summed E-state index contributed by atoms with van der Waals surface area (Å²) in [5.74, 6) is 0.114. The first kappa shape index (κ1) is 19.0. The number of methoxy groups -OCH3 is 2. The van der Waals surface area contributed by atoms with Gasteiger partial charge in [-0.25, -0.2) is 13.4 Å². The highest BCUT2D eigenvalue weighted by Gasteiger charge is 2.23. The Morgan fingerprint density at radius 2 is 1.89 bits per heavy atom. The lowest BCUT2D eigenvalue weighted by atomic mass is 10.2. The fourth-order valence-corrected chi connectivity index (χ4v) is 3.59. The lowest BCUT2D eigenvalue weighted by molar-refractivity contribution is 0.102. The number of ether oxygens (including phenoxy) is 2. The second-order valence-electron chi connectivity index (χ2n) is 5.61. The second kappa shape index (κ2) is 7.09. The third kappa shape index (κ3) is 3.56. The molecule has 8 nitrogen and oxygen atoms in total. The predicted octanol–water partition coefficient (Wildman–Crippen LogP) is 2.66. The summed E-state index contributed by atoms with van der Waals surface area (Å²) in [6.07, 6.45) is 2.56. The normalized spacial score (nSPS) is 11.4. The van der Waals surface area contributed by atoms with Crippen LogP contribution in [0.15, 0.2) is 41.7 Å². The van der Waals surface area contributed by atoms with Gasteiger partial charge in [0.15, 0.2) is 5.69 Å². The van der Waals surface area contributed by atoms with Crippen LogP contribution in [0.5, 0.6) is 11.5 Å². The van der Waals surface area contributed by atoms with Crippen molar-refractivity contribution in [2.45, 2.75) is 5.16 Å². The molecule has 3 aromatic rings. The maximum absolute atomic E-state index is 12.8. The fraction of sp³-hybridized carbons (Fsp3) is 0.176. The van der Waals surface area contributed by atoms with E-state index >= 15 is 0 Å². The number of amides is 1. The molecular weight excluding hydrogens is 394 g/mol. The molecule has 0 saturated heterocycles. The number of benzene rings is 1. The molecule has 0 aliphatic carbocycles. The Hall–Kier alpha value is -2.78. The molecule has 0 atom stereocenters. The number of fused-ring (bicyclic) bond motifs is 1. The van der Waals surface area contributed by atoms with Crippen molar-refractivity contribution in [2.75, 3.05) is 25.8 Å². The number of imidazole rings is 1. The number of hydrogen-bond acceptors (Lipinski definition) is 6. The molecular formula is C17H16ClN3O5S. The minimum absolute atomic E-state index is 0.0370. The summed E-state index contributed by atoms with van der Waals surface area (Å²) in [4.78, 5) is 16.8. The molecule has 2 aromatic heterocycles. The number of sulfone groups is 1. The maximum atomic E-state index is 12.8. The van der Waals surface area contributed by atoms with E-state index in [0.717, 1.165) is 6.26 Å². The first-order chi connectivity index (χ1) is 12.8. The standard InChI is InChI=1S/C17H16ClN3O5S/c1-25-13-9-14(26-2)11(8-10(13)18)19-16(22)15-12-6-4-5-7-21(12)17(20-15)27(3,23)24/h4-9H,1-3H3,(H,19,22). The van der Waals surface area contributed by atoms with Crippen molar-refractivity contribution in [3.8, 4) is 11.5 Å². The zero-order valence-corrected chi connectivity index (χ0v) is 16.3. The molecule has 142 valence electrons. The number of carbonyl (C=O) groups excluding carboxylic acids is 1. The van der Waals surface area contributed by atoms with Gasteiger partial charge in [-0.05, 0) is 18.2 Å². The van der Waals surface area contributed by atoms with Crippen LogP contribution in [0.2, 0.25) is 5.02 Å². The molecule has 0 bridgehead atoms. The Morgan fingerprint density at radius 3 is 2.52 bits per heavy atom. The van der Waals surface area contributed by atoms with Gasteiger partial charge in [-0.15, -0.1) is 0 Å². The smallest absolute Gasteiger partial charge is 0.276 e. The summed E-state index contributed by atoms with van der Waals surface area (Å²) in [6.45, 7) is 0. The summed E-state index contributed by atoms with van der Waals surface area (Å²) in [5.41, 5.74) is 0.616. The SMILES string of the molecule is COc1cc(OC)c(NC(=O)c2nc(S(C)(=O)=O)n3ccccc23)cc1Cl. The van der Waals surface area contributed by atoms with Gasteiger partial charge in [-0.1, -0.05) is 17.7 Å². The Morgan fingerprint density at radius 1 is 1.19 bits per heavy atom. The number of aromatic nitrogens is 2. The molecule has 10 heteroatoms. The zero-order valence-electron chi connectivity index (χ0n) is 14.7. The van der Waals surface area contributed by atoms with Crippen LogP contribution in [0.25, 0.3) is 5.52 Å². The summed E-state index contributed by atoms with van der Waals surface area (Å²) in [7, 11) is -0.736. The van der Waals surface area contributed by atoms with Crippen LogP contribution in [-0.4, -0.2) is 44.2 Å². The van der Waals surface area contributed by atoms with Gasteiger partial charge in [0.25, 0.3) is 5.91 Å². The molecule has 2 heterocycles. The van der Waals surface area contributed by atoms with Crippen molar-refractivity contribution in [1.82, 2.24) is 9.38 Å². The van der Waals surface area contributed by atoms with Crippen molar-refractivity contribution >= 4 is 38.5 Å². The quantitative estimate of drug-likeness (QED) is 0.695. The van der Waals surface area contributed by atoms with Crippen LogP contribution in [0.4, 0.5) is 5.69 Å². The summed E-state index contributed by atoms with van der Waals surface area (Å²) < 4.78 is 35.7. The minimum Gasteiger partial charge on any atom is -0.495 e. The first-order valence-electron chi connectivity index (χ1n) is 7.66. The number of rotatable bonds is 5. The van der Waals surface area contributed by atoms with E-state index in [1.165, 1.54) is 36.9 Å². The molecule has 1 amide bonds. The molecule has 0 spiro atoms. The monoisotopic (exact) mass is 409 g/mol. The molecule has 27 heavy (non-hydrogen) atoms. The van der Waals surface area contributed by atoms with Gasteiger partial charge in [-0.2, -0.15) is 0 Å². The third-order valence-corrected chi connectivity index (χ3v) is 5.03. The molecule has 0 aliphatic rings. The number of hydrogen-bond donors (Lipinski definition) is 1. The van der Waals surface area contributed by atoms with E-state index in [1.807, 2.05) is 0 Å². The van der Waals surface area contributed by atoms with E-state index in [1.54, 1.807) is 18.2 Å². The van der Waals surface area contributed by atoms with Crippen LogP contribution in [0, 0.1) is 0 Å². The van der Waals surface area contributed by atoms with E-state index in [-0.39, 0.29) is 15.9 Å². The van der Waals surface area contributed by atoms with Gasteiger partial charge >= 0.3 is 0 Å². The number of nitrogens with one attached hydrogen (secondary N) is 1. The number of carbonyl (C=O) groups is 1. The predicted molar refractivity (Wildman–Crippen MR) is 101 cm³/mol. The lowest BCUT2D eigenvalue weighted by Gasteiger charge is -2.12. The van der Waals surface area contributed by atoms with E-state index in [9.17, 15) is 13.2 Å². The van der Waals surface area contributed by atoms with Gasteiger partial charge in [0.05, 0.1) is 30.4 Å². The summed E-state index contributed by atoms with van der Waals surface area (Å²) >= 11 is 6.12. The number of pyridine rings is 1. The first-order valence-corrected chi connectivity index (χ1v) is 9.93. The molecule has 0 radical (unpaired) electrons. The van der Waals surface area contributed by atoms with Crippen molar-refractivity contribution in [3.05, 3.63) is 47.2 Å². The number of anilines is 1. The average molecular weight is 410 g/mol. The molecule has 0 unspecified atom stereocenters. The van der Waals surface area contributed by atoms with Gasteiger partial charge < -0.3 is 14.8 Å². The van der Waals surface area contributed by atoms with Crippen LogP contribution in [0.3, 0.4) is 0 Å². The maximum Gasteiger partial charge on any atom is 0.276 e. The second-order valence-corrected chi connectivity index (χ2v) is 7.93. The Labute approximate surface area is 160 Å². The van der Waals surface area contributed by atoms with Crippen molar-refractivity contribution < 1.29 is 22.7 Å². The minimum atomic E-state index is -3.63. The van der Waals surface area contributed by atoms with Crippen LogP contribution in [-0.2, 0) is 9.84 Å². The Kier molecular flexibility index (Phi) is 4.99. The van der Waals surface area contributed by atoms with Crippen LogP contribution >= 0.6 is 11.6 Å². The highest BCUT2D eigenvalue weighted by Crippen LogP contribution is 2.36. The highest BCUT2D eigenvalue weighted by atomic mass is 35.5. The molecule has 1 N–H and O–H groups in total. The van der Waals surface area contributed by atoms with E-state index in [4.69, 9.17) is 21.1 Å². The Bertz CT molecular complexity index is 1140. The topological polar surface area (TPSA) is 99.0 Å². The van der Waals surface area contributed by atoms with Gasteiger partial charge in [0.1, 0.15) is 11.5 Å². The van der Waals surface area contributed by atoms with Crippen LogP contribution in [0.1, 0.15) is 10.5 Å². The highest BCUT2D eigenvalue weighted by molar-refractivity contribution is 7.90. The lowest BCUT2D eigenvalue weighted by Crippen LogP contribution is -2.14. The number of halogens is 1. The zero-order chi connectivity index (χ0) is 19.8. The molecule has 0 aliphatic heterocycles. The third-order valence-electron chi connectivity index (χ3n) is 3.78. The van der Waals surface area contributed by atoms with E-state index < -0.39 is 15.7 Å². The van der Waals surface area contributed by atoms with Crippen molar-refractivity contribution in [3.63, 3.8) is 0 Å². The summed E-state index contributed by atoms with van der Waals surface area (Å²) in [6, 6.07) is 7.95. The molecule has 0 saturated carbocycles. The molecule has 3 rings (SSSR count). The average Bonchev–Trinajstić information content (AvgIpc) is 3.02.